The Bertz CT molecular complexity index is 945. The molecule has 8 heteroatoms. The predicted molar refractivity (Wildman–Crippen MR) is 97.3 cm³/mol. The van der Waals surface area contributed by atoms with Crippen LogP contribution in [0, 0.1) is 6.92 Å². The molecule has 136 valence electrons. The van der Waals surface area contributed by atoms with Gasteiger partial charge in [0.2, 0.25) is 0 Å². The third-order valence-corrected chi connectivity index (χ3v) is 4.42. The zero-order valence-electron chi connectivity index (χ0n) is 14.3. The maximum absolute atomic E-state index is 11.7. The van der Waals surface area contributed by atoms with Crippen molar-refractivity contribution in [3.8, 4) is 5.75 Å². The minimum absolute atomic E-state index is 0.143. The Kier molecular flexibility index (Phi) is 4.46. The number of aryl methyl sites for hydroxylation is 1. The summed E-state index contributed by atoms with van der Waals surface area (Å²) >= 11 is 6.31. The highest BCUT2D eigenvalue weighted by atomic mass is 35.5. The van der Waals surface area contributed by atoms with Gasteiger partial charge in [-0.2, -0.15) is 0 Å². The molecule has 0 aliphatic heterocycles. The summed E-state index contributed by atoms with van der Waals surface area (Å²) in [6, 6.07) is 7.65. The van der Waals surface area contributed by atoms with Gasteiger partial charge in [0.25, 0.3) is 0 Å². The lowest BCUT2D eigenvalue weighted by Crippen LogP contribution is -2.36. The topological polar surface area (TPSA) is 92.2 Å². The molecule has 0 bridgehead atoms. The van der Waals surface area contributed by atoms with Gasteiger partial charge in [0.1, 0.15) is 12.4 Å². The second kappa shape index (κ2) is 6.92. The molecular formula is C18H19ClN4O3. The van der Waals surface area contributed by atoms with Crippen LogP contribution in [0.25, 0.3) is 10.9 Å². The van der Waals surface area contributed by atoms with Crippen LogP contribution in [0.3, 0.4) is 0 Å². The fourth-order valence-corrected chi connectivity index (χ4v) is 2.90. The first-order chi connectivity index (χ1) is 12.6. The quantitative estimate of drug-likeness (QED) is 0.614. The number of aromatic nitrogens is 2. The van der Waals surface area contributed by atoms with Gasteiger partial charge >= 0.3 is 6.03 Å². The molecule has 0 radical (unpaired) electrons. The van der Waals surface area contributed by atoms with E-state index in [2.05, 4.69) is 20.8 Å². The summed E-state index contributed by atoms with van der Waals surface area (Å²) in [6.07, 6.45) is 2.13. The smallest absolute Gasteiger partial charge is 0.315 e. The fourth-order valence-electron chi connectivity index (χ4n) is 2.67. The van der Waals surface area contributed by atoms with E-state index in [0.29, 0.717) is 29.1 Å². The molecule has 2 heterocycles. The maximum atomic E-state index is 11.7. The Labute approximate surface area is 155 Å². The van der Waals surface area contributed by atoms with Gasteiger partial charge in [0.15, 0.2) is 5.76 Å². The Morgan fingerprint density at radius 1 is 1.38 bits per heavy atom. The Morgan fingerprint density at radius 3 is 2.96 bits per heavy atom. The number of halogens is 1. The monoisotopic (exact) mass is 374 g/mol. The third-order valence-electron chi connectivity index (χ3n) is 4.13. The van der Waals surface area contributed by atoms with E-state index in [9.17, 15) is 4.79 Å². The van der Waals surface area contributed by atoms with Crippen LogP contribution in [-0.2, 0) is 13.2 Å². The maximum Gasteiger partial charge on any atom is 0.315 e. The van der Waals surface area contributed by atoms with E-state index in [1.807, 2.05) is 31.2 Å². The SMILES string of the molecule is Cc1cc(COc2cc3[nH]c(CNC(=O)NC4CC4)cc3cc2Cl)on1. The Balaban J connectivity index is 1.42. The minimum Gasteiger partial charge on any atom is -0.484 e. The van der Waals surface area contributed by atoms with E-state index in [-0.39, 0.29) is 12.6 Å². The summed E-state index contributed by atoms with van der Waals surface area (Å²) < 4.78 is 10.9. The fraction of sp³-hybridized carbons (Fsp3) is 0.333. The third kappa shape index (κ3) is 3.94. The van der Waals surface area contributed by atoms with Crippen molar-refractivity contribution >= 4 is 28.5 Å². The predicted octanol–water partition coefficient (Wildman–Crippen LogP) is 3.66. The van der Waals surface area contributed by atoms with Crippen molar-refractivity contribution in [3.05, 3.63) is 46.4 Å². The molecule has 2 amide bonds. The number of H-pyrrole nitrogens is 1. The van der Waals surface area contributed by atoms with Crippen LogP contribution in [0.2, 0.25) is 5.02 Å². The van der Waals surface area contributed by atoms with Crippen molar-refractivity contribution in [2.75, 3.05) is 0 Å². The molecule has 1 aromatic carbocycles. The number of amides is 2. The van der Waals surface area contributed by atoms with Gasteiger partial charge in [0, 0.05) is 34.8 Å². The average Bonchev–Trinajstić information content (AvgIpc) is 3.17. The summed E-state index contributed by atoms with van der Waals surface area (Å²) in [6.45, 7) is 2.52. The number of nitrogens with one attached hydrogen (secondary N) is 3. The van der Waals surface area contributed by atoms with Crippen LogP contribution in [-0.4, -0.2) is 22.2 Å². The molecule has 3 aromatic rings. The number of rotatable bonds is 6. The lowest BCUT2D eigenvalue weighted by Gasteiger charge is -2.06. The highest BCUT2D eigenvalue weighted by molar-refractivity contribution is 6.32. The number of hydrogen-bond donors (Lipinski definition) is 3. The molecule has 2 aromatic heterocycles. The number of carbonyl (C=O) groups excluding carboxylic acids is 1. The van der Waals surface area contributed by atoms with Gasteiger partial charge < -0.3 is 24.9 Å². The van der Waals surface area contributed by atoms with Crippen LogP contribution in [0.5, 0.6) is 5.75 Å². The van der Waals surface area contributed by atoms with E-state index in [1.165, 1.54) is 0 Å². The number of nitrogens with zero attached hydrogens (tertiary/aromatic N) is 1. The molecule has 0 unspecified atom stereocenters. The Morgan fingerprint density at radius 2 is 2.23 bits per heavy atom. The summed E-state index contributed by atoms with van der Waals surface area (Å²) in [7, 11) is 0. The van der Waals surface area contributed by atoms with E-state index in [0.717, 1.165) is 35.1 Å². The first-order valence-corrected chi connectivity index (χ1v) is 8.85. The van der Waals surface area contributed by atoms with Crippen LogP contribution < -0.4 is 15.4 Å². The summed E-state index contributed by atoms with van der Waals surface area (Å²) in [5.41, 5.74) is 2.58. The standard InChI is InChI=1S/C18H19ClN4O3/c1-10-4-14(26-23-10)9-25-17-7-16-11(6-15(17)19)5-13(21-16)8-20-18(24)22-12-2-3-12/h4-7,12,21H,2-3,8-9H2,1H3,(H2,20,22,24). The molecule has 0 saturated heterocycles. The molecule has 7 nitrogen and oxygen atoms in total. The van der Waals surface area contributed by atoms with Crippen molar-refractivity contribution in [2.45, 2.75) is 39.0 Å². The normalized spacial score (nSPS) is 13.8. The number of carbonyl (C=O) groups is 1. The lowest BCUT2D eigenvalue weighted by atomic mass is 10.2. The van der Waals surface area contributed by atoms with Gasteiger partial charge in [0.05, 0.1) is 17.3 Å². The second-order valence-electron chi connectivity index (χ2n) is 6.49. The molecule has 1 saturated carbocycles. The minimum atomic E-state index is -0.143. The first kappa shape index (κ1) is 16.8. The number of benzene rings is 1. The zero-order valence-corrected chi connectivity index (χ0v) is 15.0. The van der Waals surface area contributed by atoms with Gasteiger partial charge in [-0.25, -0.2) is 4.79 Å². The second-order valence-corrected chi connectivity index (χ2v) is 6.90. The molecule has 0 atom stereocenters. The number of hydrogen-bond acceptors (Lipinski definition) is 4. The Hall–Kier alpha value is -2.67. The van der Waals surface area contributed by atoms with Crippen molar-refractivity contribution in [2.24, 2.45) is 0 Å². The first-order valence-electron chi connectivity index (χ1n) is 8.47. The van der Waals surface area contributed by atoms with Crippen molar-refractivity contribution in [1.29, 1.82) is 0 Å². The number of urea groups is 1. The molecule has 4 rings (SSSR count). The number of fused-ring (bicyclic) bond motifs is 1. The molecule has 0 spiro atoms. The van der Waals surface area contributed by atoms with Crippen LogP contribution in [0.4, 0.5) is 4.79 Å². The highest BCUT2D eigenvalue weighted by Gasteiger charge is 2.23. The molecule has 26 heavy (non-hydrogen) atoms. The summed E-state index contributed by atoms with van der Waals surface area (Å²) in [5, 5.41) is 11.0. The van der Waals surface area contributed by atoms with Crippen molar-refractivity contribution in [3.63, 3.8) is 0 Å². The molecule has 1 aliphatic carbocycles. The van der Waals surface area contributed by atoms with Crippen molar-refractivity contribution < 1.29 is 14.1 Å². The molecule has 1 fully saturated rings. The van der Waals surface area contributed by atoms with E-state index in [1.54, 1.807) is 0 Å². The van der Waals surface area contributed by atoms with Crippen LogP contribution >= 0.6 is 11.6 Å². The molecule has 3 N–H and O–H groups in total. The molecular weight excluding hydrogens is 356 g/mol. The van der Waals surface area contributed by atoms with Gasteiger partial charge in [-0.3, -0.25) is 0 Å². The largest absolute Gasteiger partial charge is 0.484 e. The van der Waals surface area contributed by atoms with Gasteiger partial charge in [-0.05, 0) is 31.9 Å². The zero-order chi connectivity index (χ0) is 18.1. The average molecular weight is 375 g/mol. The van der Waals surface area contributed by atoms with Crippen LogP contribution in [0.1, 0.15) is 30.0 Å². The lowest BCUT2D eigenvalue weighted by molar-refractivity contribution is 0.240. The number of aromatic amines is 1. The molecule has 1 aliphatic rings. The van der Waals surface area contributed by atoms with E-state index >= 15 is 0 Å². The number of ether oxygens (including phenoxy) is 1. The summed E-state index contributed by atoms with van der Waals surface area (Å²) in [5.74, 6) is 1.19. The van der Waals surface area contributed by atoms with Gasteiger partial charge in [-0.15, -0.1) is 0 Å². The van der Waals surface area contributed by atoms with Gasteiger partial charge in [-0.1, -0.05) is 16.8 Å². The van der Waals surface area contributed by atoms with E-state index in [4.69, 9.17) is 20.9 Å². The summed E-state index contributed by atoms with van der Waals surface area (Å²) in [4.78, 5) is 15.0. The van der Waals surface area contributed by atoms with Crippen LogP contribution in [0.15, 0.2) is 28.8 Å². The van der Waals surface area contributed by atoms with Crippen molar-refractivity contribution in [1.82, 2.24) is 20.8 Å². The highest BCUT2D eigenvalue weighted by Crippen LogP contribution is 2.31. The van der Waals surface area contributed by atoms with E-state index < -0.39 is 0 Å².